The summed E-state index contributed by atoms with van der Waals surface area (Å²) in [5.74, 6) is 1.77. The van der Waals surface area contributed by atoms with Crippen molar-refractivity contribution in [3.8, 4) is 17.1 Å². The zero-order valence-corrected chi connectivity index (χ0v) is 14.3. The number of para-hydroxylation sites is 1. The average molecular weight is 331 g/mol. The highest BCUT2D eigenvalue weighted by molar-refractivity contribution is 5.55. The van der Waals surface area contributed by atoms with Crippen molar-refractivity contribution >= 4 is 0 Å². The van der Waals surface area contributed by atoms with Crippen molar-refractivity contribution < 1.29 is 4.74 Å². The maximum atomic E-state index is 5.82. The molecule has 1 unspecified atom stereocenters. The van der Waals surface area contributed by atoms with Crippen LogP contribution in [0.25, 0.3) is 11.4 Å². The predicted octanol–water partition coefficient (Wildman–Crippen LogP) is 3.55. The van der Waals surface area contributed by atoms with E-state index in [1.54, 1.807) is 0 Å². The van der Waals surface area contributed by atoms with Crippen LogP contribution >= 0.6 is 0 Å². The van der Waals surface area contributed by atoms with Crippen molar-refractivity contribution in [2.45, 2.75) is 25.9 Å². The first kappa shape index (κ1) is 15.8. The maximum absolute atomic E-state index is 5.82. The Labute approximate surface area is 147 Å². The van der Waals surface area contributed by atoms with E-state index in [1.165, 1.54) is 11.1 Å². The molecule has 0 amide bonds. The Morgan fingerprint density at radius 3 is 2.76 bits per heavy atom. The van der Waals surface area contributed by atoms with Gasteiger partial charge in [0, 0.05) is 36.1 Å². The number of nitrogens with zero attached hydrogens (tertiary/aromatic N) is 2. The summed E-state index contributed by atoms with van der Waals surface area (Å²) in [7, 11) is 0. The molecule has 0 saturated heterocycles. The Morgan fingerprint density at radius 1 is 1.08 bits per heavy atom. The lowest BCUT2D eigenvalue weighted by molar-refractivity contribution is 0.238. The van der Waals surface area contributed by atoms with Gasteiger partial charge in [-0.1, -0.05) is 42.0 Å². The molecule has 0 saturated carbocycles. The van der Waals surface area contributed by atoms with Gasteiger partial charge >= 0.3 is 0 Å². The highest BCUT2D eigenvalue weighted by atomic mass is 16.5. The number of aromatic nitrogens is 2. The van der Waals surface area contributed by atoms with Crippen LogP contribution in [-0.2, 0) is 13.0 Å². The minimum Gasteiger partial charge on any atom is -0.492 e. The first-order chi connectivity index (χ1) is 12.3. The molecular formula is C21H21N3O. The molecule has 1 aliphatic rings. The van der Waals surface area contributed by atoms with Crippen LogP contribution in [0.3, 0.4) is 0 Å². The molecule has 1 aliphatic heterocycles. The molecule has 25 heavy (non-hydrogen) atoms. The van der Waals surface area contributed by atoms with Gasteiger partial charge in [0.2, 0.25) is 0 Å². The first-order valence-corrected chi connectivity index (χ1v) is 8.60. The third-order valence-electron chi connectivity index (χ3n) is 4.46. The van der Waals surface area contributed by atoms with E-state index in [4.69, 9.17) is 4.74 Å². The fourth-order valence-corrected chi connectivity index (χ4v) is 3.10. The topological polar surface area (TPSA) is 47.0 Å². The van der Waals surface area contributed by atoms with E-state index in [9.17, 15) is 0 Å². The molecule has 126 valence electrons. The summed E-state index contributed by atoms with van der Waals surface area (Å²) in [4.78, 5) is 9.01. The number of ether oxygens (including phenoxy) is 1. The third kappa shape index (κ3) is 3.69. The van der Waals surface area contributed by atoms with Gasteiger partial charge in [-0.05, 0) is 31.0 Å². The Kier molecular flexibility index (Phi) is 4.44. The van der Waals surface area contributed by atoms with Gasteiger partial charge in [0.1, 0.15) is 12.4 Å². The van der Waals surface area contributed by atoms with E-state index >= 15 is 0 Å². The molecule has 2 aromatic carbocycles. The van der Waals surface area contributed by atoms with Crippen LogP contribution in [0.1, 0.15) is 16.7 Å². The molecule has 0 aliphatic carbocycles. The zero-order valence-electron chi connectivity index (χ0n) is 14.3. The zero-order chi connectivity index (χ0) is 17.1. The largest absolute Gasteiger partial charge is 0.492 e. The third-order valence-corrected chi connectivity index (χ3v) is 4.46. The second-order valence-electron chi connectivity index (χ2n) is 6.49. The molecule has 1 aromatic heterocycles. The summed E-state index contributed by atoms with van der Waals surface area (Å²) < 4.78 is 5.82. The molecule has 0 radical (unpaired) electrons. The van der Waals surface area contributed by atoms with Crippen LogP contribution in [-0.4, -0.2) is 22.6 Å². The van der Waals surface area contributed by atoms with Gasteiger partial charge in [0.25, 0.3) is 0 Å². The lowest BCUT2D eigenvalue weighted by Gasteiger charge is -2.26. The van der Waals surface area contributed by atoms with Gasteiger partial charge in [0.05, 0.1) is 0 Å². The van der Waals surface area contributed by atoms with Gasteiger partial charge in [-0.3, -0.25) is 0 Å². The van der Waals surface area contributed by atoms with E-state index in [-0.39, 0.29) is 0 Å². The van der Waals surface area contributed by atoms with Crippen LogP contribution in [0.15, 0.2) is 60.9 Å². The van der Waals surface area contributed by atoms with E-state index in [0.717, 1.165) is 35.7 Å². The number of aryl methyl sites for hydroxylation is 1. The molecule has 4 nitrogen and oxygen atoms in total. The molecule has 3 aromatic rings. The number of rotatable bonds is 4. The van der Waals surface area contributed by atoms with Crippen molar-refractivity contribution in [3.63, 3.8) is 0 Å². The number of nitrogens with one attached hydrogen (secondary N) is 1. The standard InChI is InChI=1S/C21H21N3O/c1-15-5-4-7-18(9-15)21-23-12-16(13-24-21)11-22-19-10-17-6-2-3-8-20(17)25-14-19/h2-9,12-13,19,22H,10-11,14H2,1H3. The van der Waals surface area contributed by atoms with Gasteiger partial charge in [-0.2, -0.15) is 0 Å². The van der Waals surface area contributed by atoms with E-state index in [1.807, 2.05) is 36.7 Å². The lowest BCUT2D eigenvalue weighted by Crippen LogP contribution is -2.38. The molecule has 0 fully saturated rings. The van der Waals surface area contributed by atoms with Crippen LogP contribution in [0.5, 0.6) is 5.75 Å². The van der Waals surface area contributed by atoms with Gasteiger partial charge in [0.15, 0.2) is 5.82 Å². The van der Waals surface area contributed by atoms with Crippen molar-refractivity contribution in [1.82, 2.24) is 15.3 Å². The van der Waals surface area contributed by atoms with Crippen LogP contribution in [0.4, 0.5) is 0 Å². The summed E-state index contributed by atoms with van der Waals surface area (Å²) in [6, 6.07) is 16.8. The smallest absolute Gasteiger partial charge is 0.159 e. The average Bonchev–Trinajstić information content (AvgIpc) is 2.66. The summed E-state index contributed by atoms with van der Waals surface area (Å²) in [6.45, 7) is 3.51. The van der Waals surface area contributed by atoms with Gasteiger partial charge < -0.3 is 10.1 Å². The monoisotopic (exact) mass is 331 g/mol. The molecule has 0 bridgehead atoms. The fraction of sp³-hybridized carbons (Fsp3) is 0.238. The van der Waals surface area contributed by atoms with Crippen molar-refractivity contribution in [1.29, 1.82) is 0 Å². The number of hydrogen-bond acceptors (Lipinski definition) is 4. The van der Waals surface area contributed by atoms with Crippen molar-refractivity contribution in [3.05, 3.63) is 77.6 Å². The highest BCUT2D eigenvalue weighted by Gasteiger charge is 2.18. The fourth-order valence-electron chi connectivity index (χ4n) is 3.10. The van der Waals surface area contributed by atoms with Crippen LogP contribution in [0.2, 0.25) is 0 Å². The predicted molar refractivity (Wildman–Crippen MR) is 98.5 cm³/mol. The SMILES string of the molecule is Cc1cccc(-c2ncc(CNC3COc4ccccc4C3)cn2)c1. The Morgan fingerprint density at radius 2 is 1.92 bits per heavy atom. The number of hydrogen-bond donors (Lipinski definition) is 1. The molecule has 0 spiro atoms. The second-order valence-corrected chi connectivity index (χ2v) is 6.49. The summed E-state index contributed by atoms with van der Waals surface area (Å²) in [5.41, 5.74) is 4.61. The Bertz CT molecular complexity index is 861. The number of benzene rings is 2. The highest BCUT2D eigenvalue weighted by Crippen LogP contribution is 2.24. The molecule has 1 atom stereocenters. The Balaban J connectivity index is 1.38. The summed E-state index contributed by atoms with van der Waals surface area (Å²) in [5, 5.41) is 3.54. The van der Waals surface area contributed by atoms with E-state index < -0.39 is 0 Å². The van der Waals surface area contributed by atoms with Gasteiger partial charge in [-0.15, -0.1) is 0 Å². The lowest BCUT2D eigenvalue weighted by atomic mass is 10.0. The molecule has 2 heterocycles. The maximum Gasteiger partial charge on any atom is 0.159 e. The molecule has 4 rings (SSSR count). The summed E-state index contributed by atoms with van der Waals surface area (Å²) >= 11 is 0. The normalized spacial score (nSPS) is 16.1. The second kappa shape index (κ2) is 7.03. The van der Waals surface area contributed by atoms with Crippen LogP contribution < -0.4 is 10.1 Å². The Hall–Kier alpha value is -2.72. The van der Waals surface area contributed by atoms with Crippen molar-refractivity contribution in [2.75, 3.05) is 6.61 Å². The quantitative estimate of drug-likeness (QED) is 0.794. The number of fused-ring (bicyclic) bond motifs is 1. The minimum atomic E-state index is 0.311. The molecule has 1 N–H and O–H groups in total. The first-order valence-electron chi connectivity index (χ1n) is 8.60. The van der Waals surface area contributed by atoms with E-state index in [0.29, 0.717) is 12.6 Å². The van der Waals surface area contributed by atoms with Crippen LogP contribution in [0, 0.1) is 6.92 Å². The minimum absolute atomic E-state index is 0.311. The summed E-state index contributed by atoms with van der Waals surface area (Å²) in [6.07, 6.45) is 4.78. The molecule has 4 heteroatoms. The van der Waals surface area contributed by atoms with Crippen molar-refractivity contribution in [2.24, 2.45) is 0 Å². The van der Waals surface area contributed by atoms with E-state index in [2.05, 4.69) is 46.5 Å². The van der Waals surface area contributed by atoms with Gasteiger partial charge in [-0.25, -0.2) is 9.97 Å². The molecular weight excluding hydrogens is 310 g/mol.